The van der Waals surface area contributed by atoms with Gasteiger partial charge in [-0.15, -0.1) is 0 Å². The lowest BCUT2D eigenvalue weighted by molar-refractivity contribution is -0.115. The van der Waals surface area contributed by atoms with Crippen LogP contribution in [0.15, 0.2) is 4.99 Å². The van der Waals surface area contributed by atoms with Crippen molar-refractivity contribution in [2.45, 2.75) is 63.1 Å². The Morgan fingerprint density at radius 2 is 2.29 bits per heavy atom. The number of nitrogens with two attached hydrogens (primary N) is 1. The fourth-order valence-electron chi connectivity index (χ4n) is 3.42. The van der Waals surface area contributed by atoms with Crippen LogP contribution in [0.25, 0.3) is 0 Å². The molecule has 2 unspecified atom stereocenters. The highest BCUT2D eigenvalue weighted by Gasteiger charge is 2.53. The molecule has 1 aliphatic carbocycles. The molecule has 1 saturated heterocycles. The van der Waals surface area contributed by atoms with E-state index >= 15 is 0 Å². The first-order chi connectivity index (χ1) is 8.09. The van der Waals surface area contributed by atoms with Gasteiger partial charge in [-0.05, 0) is 32.6 Å². The van der Waals surface area contributed by atoms with E-state index in [2.05, 4.69) is 23.7 Å². The van der Waals surface area contributed by atoms with E-state index in [1.165, 1.54) is 12.8 Å². The van der Waals surface area contributed by atoms with Gasteiger partial charge in [0.05, 0.1) is 17.7 Å². The van der Waals surface area contributed by atoms with E-state index in [0.717, 1.165) is 38.4 Å². The van der Waals surface area contributed by atoms with Crippen molar-refractivity contribution in [3.8, 4) is 0 Å². The Morgan fingerprint density at radius 1 is 1.53 bits per heavy atom. The molecule has 0 aromatic heterocycles. The summed E-state index contributed by atoms with van der Waals surface area (Å²) in [7, 11) is 0. The summed E-state index contributed by atoms with van der Waals surface area (Å²) in [4.78, 5) is 6.94. The molecule has 2 fully saturated rings. The van der Waals surface area contributed by atoms with Crippen LogP contribution in [0.5, 0.6) is 0 Å². The molecule has 4 heteroatoms. The molecule has 0 bridgehead atoms. The van der Waals surface area contributed by atoms with E-state index in [9.17, 15) is 0 Å². The quantitative estimate of drug-likeness (QED) is 0.792. The van der Waals surface area contributed by atoms with Crippen LogP contribution in [-0.4, -0.2) is 41.2 Å². The fraction of sp³-hybridized carbons (Fsp3) is 0.923. The minimum absolute atomic E-state index is 0.00549. The van der Waals surface area contributed by atoms with Crippen LogP contribution in [-0.2, 0) is 4.74 Å². The van der Waals surface area contributed by atoms with Gasteiger partial charge in [-0.2, -0.15) is 0 Å². The average Bonchev–Trinajstić information content (AvgIpc) is 3.07. The maximum absolute atomic E-state index is 6.09. The van der Waals surface area contributed by atoms with Crippen molar-refractivity contribution < 1.29 is 4.74 Å². The number of nitrogens with zero attached hydrogens (tertiary/aromatic N) is 2. The molecule has 2 aliphatic heterocycles. The van der Waals surface area contributed by atoms with Crippen molar-refractivity contribution in [1.29, 1.82) is 0 Å². The van der Waals surface area contributed by atoms with Crippen LogP contribution in [0.4, 0.5) is 0 Å². The lowest BCUT2D eigenvalue weighted by Gasteiger charge is -2.49. The molecule has 3 aliphatic rings. The summed E-state index contributed by atoms with van der Waals surface area (Å²) in [5, 5.41) is 0. The van der Waals surface area contributed by atoms with Gasteiger partial charge in [0.15, 0.2) is 5.96 Å². The standard InChI is InChI=1S/C13H23N3O/c1-3-12(2)8-13(6-7-17-12)9-15-11(14)16(13)10-4-5-10/h10H,3-9H2,1-2H3,(H2,14,15). The summed E-state index contributed by atoms with van der Waals surface area (Å²) in [6.45, 7) is 6.15. The van der Waals surface area contributed by atoms with Crippen LogP contribution in [0.1, 0.15) is 46.0 Å². The van der Waals surface area contributed by atoms with Gasteiger partial charge in [0, 0.05) is 19.1 Å². The molecular weight excluding hydrogens is 214 g/mol. The summed E-state index contributed by atoms with van der Waals surface area (Å²) in [6, 6.07) is 0.653. The summed E-state index contributed by atoms with van der Waals surface area (Å²) in [5.74, 6) is 0.771. The Hall–Kier alpha value is -0.770. The lowest BCUT2D eigenvalue weighted by atomic mass is 9.78. The Balaban J connectivity index is 1.85. The average molecular weight is 237 g/mol. The highest BCUT2D eigenvalue weighted by molar-refractivity contribution is 5.81. The van der Waals surface area contributed by atoms with Crippen LogP contribution < -0.4 is 5.73 Å². The molecule has 1 saturated carbocycles. The summed E-state index contributed by atoms with van der Waals surface area (Å²) >= 11 is 0. The molecule has 4 nitrogen and oxygen atoms in total. The number of guanidine groups is 1. The molecular formula is C13H23N3O. The number of hydrogen-bond donors (Lipinski definition) is 1. The van der Waals surface area contributed by atoms with Gasteiger partial charge in [0.25, 0.3) is 0 Å². The minimum Gasteiger partial charge on any atom is -0.375 e. The van der Waals surface area contributed by atoms with E-state index < -0.39 is 0 Å². The molecule has 2 atom stereocenters. The largest absolute Gasteiger partial charge is 0.375 e. The van der Waals surface area contributed by atoms with Gasteiger partial charge in [0.1, 0.15) is 0 Å². The zero-order chi connectivity index (χ0) is 12.1. The van der Waals surface area contributed by atoms with Crippen molar-refractivity contribution in [3.05, 3.63) is 0 Å². The molecule has 0 radical (unpaired) electrons. The van der Waals surface area contributed by atoms with Gasteiger partial charge in [-0.3, -0.25) is 4.99 Å². The zero-order valence-corrected chi connectivity index (χ0v) is 10.9. The molecule has 96 valence electrons. The SMILES string of the molecule is CCC1(C)CC2(CCO1)CN=C(N)N2C1CC1. The first-order valence-electron chi connectivity index (χ1n) is 6.82. The Labute approximate surface area is 103 Å². The lowest BCUT2D eigenvalue weighted by Crippen LogP contribution is -2.59. The molecule has 2 N–H and O–H groups in total. The Morgan fingerprint density at radius 3 is 2.94 bits per heavy atom. The predicted octanol–water partition coefficient (Wildman–Crippen LogP) is 1.50. The van der Waals surface area contributed by atoms with Gasteiger partial charge >= 0.3 is 0 Å². The third-order valence-electron chi connectivity index (χ3n) is 4.67. The van der Waals surface area contributed by atoms with E-state index in [1.54, 1.807) is 0 Å². The molecule has 17 heavy (non-hydrogen) atoms. The molecule has 2 heterocycles. The minimum atomic E-state index is 0.00549. The van der Waals surface area contributed by atoms with Crippen LogP contribution in [0, 0.1) is 0 Å². The van der Waals surface area contributed by atoms with Crippen molar-refractivity contribution in [2.75, 3.05) is 13.2 Å². The first-order valence-corrected chi connectivity index (χ1v) is 6.82. The topological polar surface area (TPSA) is 50.9 Å². The third kappa shape index (κ3) is 1.73. The van der Waals surface area contributed by atoms with Gasteiger partial charge < -0.3 is 15.4 Å². The van der Waals surface area contributed by atoms with E-state index in [0.29, 0.717) is 6.04 Å². The maximum Gasteiger partial charge on any atom is 0.192 e. The van der Waals surface area contributed by atoms with Gasteiger partial charge in [-0.1, -0.05) is 6.92 Å². The molecule has 0 aromatic rings. The molecule has 1 spiro atoms. The predicted molar refractivity (Wildman–Crippen MR) is 68.0 cm³/mol. The van der Waals surface area contributed by atoms with Crippen molar-refractivity contribution >= 4 is 5.96 Å². The van der Waals surface area contributed by atoms with Crippen molar-refractivity contribution in [1.82, 2.24) is 4.90 Å². The highest BCUT2D eigenvalue weighted by atomic mass is 16.5. The van der Waals surface area contributed by atoms with E-state index in [1.807, 2.05) is 0 Å². The Bertz CT molecular complexity index is 353. The smallest absolute Gasteiger partial charge is 0.192 e. The van der Waals surface area contributed by atoms with Crippen LogP contribution in [0.3, 0.4) is 0 Å². The van der Waals surface area contributed by atoms with Crippen LogP contribution >= 0.6 is 0 Å². The fourth-order valence-corrected chi connectivity index (χ4v) is 3.42. The maximum atomic E-state index is 6.09. The van der Waals surface area contributed by atoms with Crippen molar-refractivity contribution in [2.24, 2.45) is 10.7 Å². The van der Waals surface area contributed by atoms with Gasteiger partial charge in [0.2, 0.25) is 0 Å². The second-order valence-corrected chi connectivity index (χ2v) is 6.08. The van der Waals surface area contributed by atoms with E-state index in [4.69, 9.17) is 10.5 Å². The second-order valence-electron chi connectivity index (χ2n) is 6.08. The third-order valence-corrected chi connectivity index (χ3v) is 4.67. The first kappa shape index (κ1) is 11.3. The zero-order valence-electron chi connectivity index (χ0n) is 10.9. The number of ether oxygens (including phenoxy) is 1. The molecule has 0 amide bonds. The summed E-state index contributed by atoms with van der Waals surface area (Å²) < 4.78 is 5.97. The van der Waals surface area contributed by atoms with Crippen LogP contribution in [0.2, 0.25) is 0 Å². The molecule has 3 rings (SSSR count). The number of aliphatic imine (C=N–C) groups is 1. The second kappa shape index (κ2) is 3.61. The normalized spacial score (nSPS) is 42.0. The van der Waals surface area contributed by atoms with E-state index in [-0.39, 0.29) is 11.1 Å². The highest BCUT2D eigenvalue weighted by Crippen LogP contribution is 2.45. The Kier molecular flexibility index (Phi) is 2.41. The number of hydrogen-bond acceptors (Lipinski definition) is 4. The van der Waals surface area contributed by atoms with Gasteiger partial charge in [-0.25, -0.2) is 0 Å². The summed E-state index contributed by atoms with van der Waals surface area (Å²) in [5.41, 5.74) is 6.26. The molecule has 0 aromatic carbocycles. The number of rotatable bonds is 2. The van der Waals surface area contributed by atoms with Crippen molar-refractivity contribution in [3.63, 3.8) is 0 Å². The monoisotopic (exact) mass is 237 g/mol. The summed E-state index contributed by atoms with van der Waals surface area (Å²) in [6.07, 6.45) is 5.76.